The molecule has 1 aromatic rings. The van der Waals surface area contributed by atoms with Crippen LogP contribution < -0.4 is 0 Å². The van der Waals surface area contributed by atoms with Crippen LogP contribution in [0.3, 0.4) is 0 Å². The van der Waals surface area contributed by atoms with Gasteiger partial charge >= 0.3 is 6.03 Å². The molecule has 0 saturated carbocycles. The molecule has 0 bridgehead atoms. The Kier molecular flexibility index (Phi) is 5.06. The summed E-state index contributed by atoms with van der Waals surface area (Å²) in [5.74, 6) is 0.116. The Balaban J connectivity index is 1.59. The molecule has 1 saturated heterocycles. The van der Waals surface area contributed by atoms with Crippen LogP contribution in [-0.2, 0) is 11.2 Å². The maximum atomic E-state index is 12.9. The number of aromatic nitrogens is 2. The highest BCUT2D eigenvalue weighted by Gasteiger charge is 2.33. The third kappa shape index (κ3) is 3.12. The number of carbonyl (C=O) groups excluding carboxylic acids is 2. The van der Waals surface area contributed by atoms with E-state index in [4.69, 9.17) is 0 Å². The SMILES string of the molecule is CCN(CC)C(=O)N1CCN(C(=O)[C@H]2CCCc3[nH]ncc32)CC1. The molecule has 1 aromatic heterocycles. The lowest BCUT2D eigenvalue weighted by Gasteiger charge is -2.38. The zero-order valence-electron chi connectivity index (χ0n) is 14.6. The van der Waals surface area contributed by atoms with Crippen molar-refractivity contribution in [1.29, 1.82) is 0 Å². The molecule has 1 N–H and O–H groups in total. The predicted octanol–water partition coefficient (Wildman–Crippen LogP) is 1.44. The smallest absolute Gasteiger partial charge is 0.320 e. The molecule has 2 aliphatic rings. The Labute approximate surface area is 143 Å². The number of H-pyrrole nitrogens is 1. The van der Waals surface area contributed by atoms with Crippen LogP contribution in [-0.4, -0.2) is 76.1 Å². The topological polar surface area (TPSA) is 72.5 Å². The molecular weight excluding hydrogens is 306 g/mol. The van der Waals surface area contributed by atoms with Gasteiger partial charge in [0.15, 0.2) is 0 Å². The number of carbonyl (C=O) groups is 2. The van der Waals surface area contributed by atoms with Crippen molar-refractivity contribution in [3.05, 3.63) is 17.5 Å². The minimum atomic E-state index is -0.0717. The molecule has 0 unspecified atom stereocenters. The number of fused-ring (bicyclic) bond motifs is 1. The van der Waals surface area contributed by atoms with Crippen molar-refractivity contribution in [2.24, 2.45) is 0 Å². The molecule has 132 valence electrons. The van der Waals surface area contributed by atoms with Gasteiger partial charge in [-0.1, -0.05) is 0 Å². The second-order valence-electron chi connectivity index (χ2n) is 6.52. The first-order valence-electron chi connectivity index (χ1n) is 9.00. The molecular formula is C17H27N5O2. The number of nitrogens with zero attached hydrogens (tertiary/aromatic N) is 4. The van der Waals surface area contributed by atoms with Crippen molar-refractivity contribution in [3.8, 4) is 0 Å². The van der Waals surface area contributed by atoms with Gasteiger partial charge in [-0.25, -0.2) is 4.79 Å². The van der Waals surface area contributed by atoms with E-state index in [0.29, 0.717) is 26.2 Å². The highest BCUT2D eigenvalue weighted by molar-refractivity contribution is 5.84. The maximum absolute atomic E-state index is 12.9. The number of rotatable bonds is 3. The zero-order chi connectivity index (χ0) is 17.1. The van der Waals surface area contributed by atoms with E-state index in [1.54, 1.807) is 6.20 Å². The molecule has 1 fully saturated rings. The summed E-state index contributed by atoms with van der Waals surface area (Å²) in [6.07, 6.45) is 4.69. The average Bonchev–Trinajstić information content (AvgIpc) is 3.11. The van der Waals surface area contributed by atoms with Gasteiger partial charge in [0.2, 0.25) is 5.91 Å². The quantitative estimate of drug-likeness (QED) is 0.909. The van der Waals surface area contributed by atoms with Crippen molar-refractivity contribution in [1.82, 2.24) is 24.9 Å². The summed E-state index contributed by atoms with van der Waals surface area (Å²) in [5.41, 5.74) is 2.17. The first kappa shape index (κ1) is 16.8. The largest absolute Gasteiger partial charge is 0.339 e. The fourth-order valence-corrected chi connectivity index (χ4v) is 3.75. The molecule has 3 amide bonds. The van der Waals surface area contributed by atoms with Crippen molar-refractivity contribution in [3.63, 3.8) is 0 Å². The summed E-state index contributed by atoms with van der Waals surface area (Å²) >= 11 is 0. The number of amides is 3. The Morgan fingerprint density at radius 3 is 2.54 bits per heavy atom. The summed E-state index contributed by atoms with van der Waals surface area (Å²) in [4.78, 5) is 30.9. The molecule has 1 aliphatic heterocycles. The molecule has 7 nitrogen and oxygen atoms in total. The van der Waals surface area contributed by atoms with Crippen LogP contribution in [0.2, 0.25) is 0 Å². The van der Waals surface area contributed by atoms with Gasteiger partial charge in [0, 0.05) is 50.5 Å². The molecule has 24 heavy (non-hydrogen) atoms. The summed E-state index contributed by atoms with van der Waals surface area (Å²) in [7, 11) is 0. The minimum Gasteiger partial charge on any atom is -0.339 e. The second-order valence-corrected chi connectivity index (χ2v) is 6.52. The fourth-order valence-electron chi connectivity index (χ4n) is 3.75. The first-order chi connectivity index (χ1) is 11.7. The van der Waals surface area contributed by atoms with Gasteiger partial charge in [-0.15, -0.1) is 0 Å². The van der Waals surface area contributed by atoms with Crippen LogP contribution in [0.25, 0.3) is 0 Å². The van der Waals surface area contributed by atoms with Gasteiger partial charge in [-0.05, 0) is 33.1 Å². The van der Waals surface area contributed by atoms with Gasteiger partial charge in [0.05, 0.1) is 12.1 Å². The van der Waals surface area contributed by atoms with Crippen LogP contribution in [0.5, 0.6) is 0 Å². The lowest BCUT2D eigenvalue weighted by Crippen LogP contribution is -2.54. The fraction of sp³-hybridized carbons (Fsp3) is 0.706. The molecule has 0 aromatic carbocycles. The van der Waals surface area contributed by atoms with Gasteiger partial charge in [0.25, 0.3) is 0 Å². The number of nitrogens with one attached hydrogen (secondary N) is 1. The number of piperazine rings is 1. The summed E-state index contributed by atoms with van der Waals surface area (Å²) < 4.78 is 0. The Bertz CT molecular complexity index is 588. The second kappa shape index (κ2) is 7.23. The zero-order valence-corrected chi connectivity index (χ0v) is 14.6. The Morgan fingerprint density at radius 2 is 1.88 bits per heavy atom. The van der Waals surface area contributed by atoms with E-state index >= 15 is 0 Å². The lowest BCUT2D eigenvalue weighted by molar-refractivity contribution is -0.134. The Morgan fingerprint density at radius 1 is 1.21 bits per heavy atom. The number of urea groups is 1. The molecule has 0 radical (unpaired) electrons. The predicted molar refractivity (Wildman–Crippen MR) is 90.7 cm³/mol. The van der Waals surface area contributed by atoms with E-state index in [-0.39, 0.29) is 17.9 Å². The standard InChI is InChI=1S/C17H27N5O2/c1-3-20(4-2)17(24)22-10-8-21(9-11-22)16(23)13-6-5-7-15-14(13)12-18-19-15/h12-13H,3-11H2,1-2H3,(H,18,19)/t13-/m0/s1. The van der Waals surface area contributed by atoms with Crippen molar-refractivity contribution in [2.45, 2.75) is 39.0 Å². The van der Waals surface area contributed by atoms with Crippen molar-refractivity contribution in [2.75, 3.05) is 39.3 Å². The summed E-state index contributed by atoms with van der Waals surface area (Å²) in [6.45, 7) is 7.91. The molecule has 0 spiro atoms. The van der Waals surface area contributed by atoms with Crippen LogP contribution in [0.1, 0.15) is 43.9 Å². The van der Waals surface area contributed by atoms with E-state index in [0.717, 1.165) is 43.6 Å². The van der Waals surface area contributed by atoms with Crippen molar-refractivity contribution >= 4 is 11.9 Å². The number of aryl methyl sites for hydroxylation is 1. The number of hydrogen-bond donors (Lipinski definition) is 1. The summed E-state index contributed by atoms with van der Waals surface area (Å²) in [6, 6.07) is 0.0851. The first-order valence-corrected chi connectivity index (χ1v) is 9.00. The molecule has 3 rings (SSSR count). The van der Waals surface area contributed by atoms with Gasteiger partial charge in [-0.3, -0.25) is 9.89 Å². The molecule has 7 heteroatoms. The van der Waals surface area contributed by atoms with Crippen LogP contribution in [0.15, 0.2) is 6.20 Å². The summed E-state index contributed by atoms with van der Waals surface area (Å²) in [5, 5.41) is 7.11. The number of hydrogen-bond acceptors (Lipinski definition) is 3. The molecule has 1 aliphatic carbocycles. The van der Waals surface area contributed by atoms with E-state index < -0.39 is 0 Å². The van der Waals surface area contributed by atoms with Gasteiger partial charge in [0.1, 0.15) is 0 Å². The van der Waals surface area contributed by atoms with E-state index in [1.165, 1.54) is 0 Å². The van der Waals surface area contributed by atoms with Crippen LogP contribution in [0.4, 0.5) is 4.79 Å². The van der Waals surface area contributed by atoms with Gasteiger partial charge < -0.3 is 14.7 Å². The third-order valence-electron chi connectivity index (χ3n) is 5.24. The normalized spacial score (nSPS) is 20.7. The number of aromatic amines is 1. The van der Waals surface area contributed by atoms with Crippen LogP contribution >= 0.6 is 0 Å². The minimum absolute atomic E-state index is 0.0717. The van der Waals surface area contributed by atoms with E-state index in [9.17, 15) is 9.59 Å². The monoisotopic (exact) mass is 333 g/mol. The van der Waals surface area contributed by atoms with E-state index in [1.807, 2.05) is 28.5 Å². The van der Waals surface area contributed by atoms with Gasteiger partial charge in [-0.2, -0.15) is 5.10 Å². The Hall–Kier alpha value is -2.05. The molecule has 2 heterocycles. The van der Waals surface area contributed by atoms with E-state index in [2.05, 4.69) is 10.2 Å². The maximum Gasteiger partial charge on any atom is 0.320 e. The molecule has 1 atom stereocenters. The van der Waals surface area contributed by atoms with Crippen molar-refractivity contribution < 1.29 is 9.59 Å². The lowest BCUT2D eigenvalue weighted by atomic mass is 9.86. The highest BCUT2D eigenvalue weighted by Crippen LogP contribution is 2.32. The third-order valence-corrected chi connectivity index (χ3v) is 5.24. The van der Waals surface area contributed by atoms with Crippen LogP contribution in [0, 0.1) is 0 Å². The average molecular weight is 333 g/mol. The highest BCUT2D eigenvalue weighted by atomic mass is 16.2.